The number of anilines is 4. The maximum absolute atomic E-state index is 9.89. The Morgan fingerprint density at radius 3 is 2.27 bits per heavy atom. The third kappa shape index (κ3) is 5.71. The van der Waals surface area contributed by atoms with Crippen molar-refractivity contribution in [3.8, 4) is 11.1 Å². The topological polar surface area (TPSA) is 112 Å². The smallest absolute Gasteiger partial charge is 0.160 e. The molecule has 5 heterocycles. The summed E-state index contributed by atoms with van der Waals surface area (Å²) in [5, 5.41) is 18.0. The van der Waals surface area contributed by atoms with Gasteiger partial charge in [-0.1, -0.05) is 36.9 Å². The number of aromatic nitrogens is 5. The fourth-order valence-corrected chi connectivity index (χ4v) is 6.04. The number of rotatable bonds is 8. The summed E-state index contributed by atoms with van der Waals surface area (Å²) in [4.78, 5) is 25.2. The molecule has 224 valence electrons. The van der Waals surface area contributed by atoms with Crippen molar-refractivity contribution in [3.63, 3.8) is 0 Å². The van der Waals surface area contributed by atoms with Gasteiger partial charge in [0.05, 0.1) is 11.6 Å². The van der Waals surface area contributed by atoms with Gasteiger partial charge in [0, 0.05) is 55.0 Å². The van der Waals surface area contributed by atoms with E-state index in [0.717, 1.165) is 80.7 Å². The first-order valence-electron chi connectivity index (χ1n) is 15.1. The van der Waals surface area contributed by atoms with Gasteiger partial charge in [-0.25, -0.2) is 15.0 Å². The molecule has 6 aromatic rings. The fourth-order valence-electron chi connectivity index (χ4n) is 6.04. The SMILES string of the molecule is C=Cc1cnc2c(Nc3cccc(-c4cccc(Nc5nccc6cc(CN7CCC(O)C7)cnc56)c4C)c3C)ncnc2c1. The molecule has 9 nitrogen and oxygen atoms in total. The van der Waals surface area contributed by atoms with Crippen molar-refractivity contribution in [2.24, 2.45) is 0 Å². The van der Waals surface area contributed by atoms with Crippen LogP contribution in [-0.2, 0) is 6.54 Å². The van der Waals surface area contributed by atoms with Crippen LogP contribution in [0.25, 0.3) is 39.1 Å². The molecule has 0 saturated carbocycles. The molecular formula is C36H34N8O. The van der Waals surface area contributed by atoms with E-state index in [2.05, 4.69) is 86.2 Å². The second-order valence-electron chi connectivity index (χ2n) is 11.5. The van der Waals surface area contributed by atoms with Gasteiger partial charge in [-0.3, -0.25) is 14.9 Å². The number of benzene rings is 2. The molecule has 3 N–H and O–H groups in total. The van der Waals surface area contributed by atoms with E-state index in [9.17, 15) is 5.11 Å². The van der Waals surface area contributed by atoms with E-state index >= 15 is 0 Å². The first kappa shape index (κ1) is 28.5. The van der Waals surface area contributed by atoms with Crippen molar-refractivity contribution in [1.29, 1.82) is 0 Å². The highest BCUT2D eigenvalue weighted by Crippen LogP contribution is 2.36. The molecule has 1 aliphatic rings. The number of hydrogen-bond donors (Lipinski definition) is 3. The second kappa shape index (κ2) is 12.0. The predicted octanol–water partition coefficient (Wildman–Crippen LogP) is 6.95. The van der Waals surface area contributed by atoms with Crippen molar-refractivity contribution in [2.75, 3.05) is 23.7 Å². The first-order valence-corrected chi connectivity index (χ1v) is 15.1. The monoisotopic (exact) mass is 594 g/mol. The maximum atomic E-state index is 9.89. The standard InChI is InChI=1S/C36H34N8O/c1-4-24-16-32-34(39-17-24)36(41-21-40-32)43-31-10-6-8-29(23(31)3)28-7-5-9-30(22(28)2)42-35-33-26(11-13-37-35)15-25(18-38-33)19-44-14-12-27(45)20-44/h4-11,13,15-18,21,27,45H,1,12,14,19-20H2,2-3H3,(H,37,42)(H,40,41,43). The second-order valence-corrected chi connectivity index (χ2v) is 11.5. The molecule has 1 saturated heterocycles. The molecule has 1 fully saturated rings. The van der Waals surface area contributed by atoms with E-state index < -0.39 is 0 Å². The van der Waals surface area contributed by atoms with Crippen LogP contribution in [0.5, 0.6) is 0 Å². The quantitative estimate of drug-likeness (QED) is 0.172. The highest BCUT2D eigenvalue weighted by Gasteiger charge is 2.20. The Hall–Kier alpha value is -5.25. The normalized spacial score (nSPS) is 15.0. The lowest BCUT2D eigenvalue weighted by Gasteiger charge is -2.18. The Bertz CT molecular complexity index is 2060. The highest BCUT2D eigenvalue weighted by atomic mass is 16.3. The third-order valence-electron chi connectivity index (χ3n) is 8.51. The molecule has 1 unspecified atom stereocenters. The molecule has 0 amide bonds. The van der Waals surface area contributed by atoms with Crippen molar-refractivity contribution in [3.05, 3.63) is 108 Å². The molecule has 0 bridgehead atoms. The van der Waals surface area contributed by atoms with Crippen molar-refractivity contribution >= 4 is 51.0 Å². The zero-order valence-electron chi connectivity index (χ0n) is 25.3. The van der Waals surface area contributed by atoms with Crippen LogP contribution in [-0.4, -0.2) is 54.1 Å². The van der Waals surface area contributed by atoms with Gasteiger partial charge >= 0.3 is 0 Å². The van der Waals surface area contributed by atoms with Crippen LogP contribution in [0.2, 0.25) is 0 Å². The summed E-state index contributed by atoms with van der Waals surface area (Å²) in [6.07, 6.45) is 9.40. The molecule has 2 aromatic carbocycles. The van der Waals surface area contributed by atoms with Gasteiger partial charge in [-0.05, 0) is 84.0 Å². The molecule has 0 spiro atoms. The molecule has 45 heavy (non-hydrogen) atoms. The summed E-state index contributed by atoms with van der Waals surface area (Å²) in [6.45, 7) is 10.5. The van der Waals surface area contributed by atoms with Crippen LogP contribution in [0.1, 0.15) is 28.7 Å². The van der Waals surface area contributed by atoms with Crippen molar-refractivity contribution in [1.82, 2.24) is 29.8 Å². The number of aliphatic hydroxyl groups excluding tert-OH is 1. The van der Waals surface area contributed by atoms with E-state index in [1.54, 1.807) is 18.6 Å². The van der Waals surface area contributed by atoms with E-state index in [0.29, 0.717) is 23.7 Å². The highest BCUT2D eigenvalue weighted by molar-refractivity contribution is 5.92. The van der Waals surface area contributed by atoms with Crippen LogP contribution < -0.4 is 10.6 Å². The molecule has 4 aromatic heterocycles. The van der Waals surface area contributed by atoms with E-state index in [1.807, 2.05) is 36.7 Å². The lowest BCUT2D eigenvalue weighted by Crippen LogP contribution is -2.21. The molecule has 0 aliphatic carbocycles. The number of nitrogens with one attached hydrogen (secondary N) is 2. The number of likely N-dealkylation sites (tertiary alicyclic amines) is 1. The fraction of sp³-hybridized carbons (Fsp3) is 0.194. The van der Waals surface area contributed by atoms with Gasteiger partial charge in [-0.2, -0.15) is 0 Å². The Morgan fingerprint density at radius 1 is 0.867 bits per heavy atom. The lowest BCUT2D eigenvalue weighted by molar-refractivity contribution is 0.175. The van der Waals surface area contributed by atoms with Crippen LogP contribution in [0, 0.1) is 13.8 Å². The maximum Gasteiger partial charge on any atom is 0.160 e. The average molecular weight is 595 g/mol. The number of hydrogen-bond acceptors (Lipinski definition) is 9. The number of β-amino-alcohol motifs (C(OH)–C–C–N with tert-alkyl or cyclic N) is 1. The minimum atomic E-state index is -0.234. The van der Waals surface area contributed by atoms with E-state index in [1.165, 1.54) is 0 Å². The number of nitrogens with zero attached hydrogens (tertiary/aromatic N) is 6. The largest absolute Gasteiger partial charge is 0.392 e. The molecule has 0 radical (unpaired) electrons. The number of pyridine rings is 3. The minimum Gasteiger partial charge on any atom is -0.392 e. The summed E-state index contributed by atoms with van der Waals surface area (Å²) in [5.41, 5.74) is 10.7. The van der Waals surface area contributed by atoms with Crippen LogP contribution in [0.4, 0.5) is 23.0 Å². The summed E-state index contributed by atoms with van der Waals surface area (Å²) < 4.78 is 0. The summed E-state index contributed by atoms with van der Waals surface area (Å²) >= 11 is 0. The predicted molar refractivity (Wildman–Crippen MR) is 181 cm³/mol. The third-order valence-corrected chi connectivity index (χ3v) is 8.51. The van der Waals surface area contributed by atoms with E-state index in [-0.39, 0.29) is 6.10 Å². The van der Waals surface area contributed by atoms with Crippen LogP contribution in [0.15, 0.2) is 86.1 Å². The van der Waals surface area contributed by atoms with Crippen molar-refractivity contribution < 1.29 is 5.11 Å². The van der Waals surface area contributed by atoms with Crippen LogP contribution in [0.3, 0.4) is 0 Å². The first-order chi connectivity index (χ1) is 22.0. The van der Waals surface area contributed by atoms with Gasteiger partial charge < -0.3 is 15.7 Å². The van der Waals surface area contributed by atoms with Crippen LogP contribution >= 0.6 is 0 Å². The minimum absolute atomic E-state index is 0.234. The number of fused-ring (bicyclic) bond motifs is 2. The molecule has 1 atom stereocenters. The Morgan fingerprint density at radius 2 is 1.58 bits per heavy atom. The molecule has 9 heteroatoms. The van der Waals surface area contributed by atoms with Crippen molar-refractivity contribution in [2.45, 2.75) is 32.9 Å². The zero-order valence-corrected chi connectivity index (χ0v) is 25.3. The Labute approximate surface area is 261 Å². The Kier molecular flexibility index (Phi) is 7.62. The lowest BCUT2D eigenvalue weighted by atomic mass is 9.94. The zero-order chi connectivity index (χ0) is 30.9. The van der Waals surface area contributed by atoms with Gasteiger partial charge in [0.15, 0.2) is 11.6 Å². The summed E-state index contributed by atoms with van der Waals surface area (Å²) in [6, 6.07) is 18.6. The summed E-state index contributed by atoms with van der Waals surface area (Å²) in [5.74, 6) is 1.37. The number of aliphatic hydroxyl groups is 1. The van der Waals surface area contributed by atoms with Gasteiger partial charge in [0.25, 0.3) is 0 Å². The molecule has 1 aliphatic heterocycles. The Balaban J connectivity index is 1.17. The van der Waals surface area contributed by atoms with E-state index in [4.69, 9.17) is 4.98 Å². The molecule has 7 rings (SSSR count). The molecular weight excluding hydrogens is 560 g/mol. The van der Waals surface area contributed by atoms with Gasteiger partial charge in [-0.15, -0.1) is 0 Å². The summed E-state index contributed by atoms with van der Waals surface area (Å²) in [7, 11) is 0. The van der Waals surface area contributed by atoms with Gasteiger partial charge in [0.1, 0.15) is 17.4 Å². The average Bonchev–Trinajstić information content (AvgIpc) is 3.47. The van der Waals surface area contributed by atoms with Gasteiger partial charge in [0.2, 0.25) is 0 Å².